The molecule has 0 radical (unpaired) electrons. The van der Waals surface area contributed by atoms with E-state index >= 15 is 0 Å². The van der Waals surface area contributed by atoms with Gasteiger partial charge in [0.15, 0.2) is 0 Å². The van der Waals surface area contributed by atoms with Gasteiger partial charge >= 0.3 is 0 Å². The Morgan fingerprint density at radius 2 is 1.70 bits per heavy atom. The van der Waals surface area contributed by atoms with E-state index in [1.54, 1.807) is 14.2 Å². The maximum atomic E-state index is 5.73. The van der Waals surface area contributed by atoms with Crippen LogP contribution in [-0.2, 0) is 0 Å². The highest BCUT2D eigenvalue weighted by Gasteiger charge is 2.16. The zero-order valence-electron chi connectivity index (χ0n) is 12.0. The lowest BCUT2D eigenvalue weighted by atomic mass is 9.91. The highest BCUT2D eigenvalue weighted by molar-refractivity contribution is 5.50. The minimum absolute atomic E-state index is 0.128. The molecule has 0 fully saturated rings. The lowest BCUT2D eigenvalue weighted by Crippen LogP contribution is -2.02. The van der Waals surface area contributed by atoms with Gasteiger partial charge in [0.05, 0.1) is 20.1 Å². The van der Waals surface area contributed by atoms with Gasteiger partial charge in [0, 0.05) is 11.6 Å². The summed E-state index contributed by atoms with van der Waals surface area (Å²) in [6.45, 7) is 2.06. The lowest BCUT2D eigenvalue weighted by molar-refractivity contribution is 0.391. The first-order valence-corrected chi connectivity index (χ1v) is 6.44. The fourth-order valence-electron chi connectivity index (χ4n) is 2.18. The van der Waals surface area contributed by atoms with Crippen molar-refractivity contribution in [2.75, 3.05) is 14.2 Å². The molecule has 2 nitrogen and oxygen atoms in total. The van der Waals surface area contributed by atoms with E-state index in [4.69, 9.17) is 15.9 Å². The molecule has 0 aliphatic rings. The van der Waals surface area contributed by atoms with Crippen molar-refractivity contribution >= 4 is 0 Å². The number of ether oxygens (including phenoxy) is 2. The van der Waals surface area contributed by atoms with Crippen LogP contribution in [0.25, 0.3) is 0 Å². The van der Waals surface area contributed by atoms with E-state index in [2.05, 4.69) is 37.1 Å². The predicted molar refractivity (Wildman–Crippen MR) is 81.4 cm³/mol. The summed E-state index contributed by atoms with van der Waals surface area (Å²) < 4.78 is 10.7. The van der Waals surface area contributed by atoms with Gasteiger partial charge in [-0.05, 0) is 18.6 Å². The molecule has 0 aromatic heterocycles. The Kier molecular flexibility index (Phi) is 4.32. The maximum absolute atomic E-state index is 5.73. The molecule has 0 N–H and O–H groups in total. The van der Waals surface area contributed by atoms with Crippen LogP contribution in [0.15, 0.2) is 42.5 Å². The zero-order valence-corrected chi connectivity index (χ0v) is 12.0. The molecule has 1 unspecified atom stereocenters. The van der Waals surface area contributed by atoms with Crippen molar-refractivity contribution in [3.05, 3.63) is 59.2 Å². The Balaban J connectivity index is 2.47. The Hall–Kier alpha value is -2.40. The molecule has 0 bridgehead atoms. The Morgan fingerprint density at radius 1 is 1.00 bits per heavy atom. The smallest absolute Gasteiger partial charge is 0.127 e. The second-order valence-corrected chi connectivity index (χ2v) is 4.62. The molecule has 0 heterocycles. The van der Waals surface area contributed by atoms with Gasteiger partial charge in [-0.15, -0.1) is 6.42 Å². The number of methoxy groups -OCH3 is 2. The molecule has 0 amide bonds. The molecule has 2 rings (SSSR count). The van der Waals surface area contributed by atoms with Gasteiger partial charge in [-0.1, -0.05) is 41.8 Å². The predicted octanol–water partition coefficient (Wildman–Crippen LogP) is 3.78. The first kappa shape index (κ1) is 14.0. The second kappa shape index (κ2) is 6.16. The molecule has 2 aromatic rings. The van der Waals surface area contributed by atoms with Crippen molar-refractivity contribution in [3.8, 4) is 23.8 Å². The van der Waals surface area contributed by atoms with Crippen LogP contribution in [0, 0.1) is 19.3 Å². The van der Waals surface area contributed by atoms with Crippen molar-refractivity contribution in [1.29, 1.82) is 0 Å². The van der Waals surface area contributed by atoms with Gasteiger partial charge in [0.1, 0.15) is 11.5 Å². The summed E-state index contributed by atoms with van der Waals surface area (Å²) in [6, 6.07) is 14.0. The SMILES string of the molecule is C#CC(c1ccc(C)cc1)c1ccc(OC)cc1OC. The fourth-order valence-corrected chi connectivity index (χ4v) is 2.18. The van der Waals surface area contributed by atoms with E-state index in [9.17, 15) is 0 Å². The number of hydrogen-bond donors (Lipinski definition) is 0. The van der Waals surface area contributed by atoms with Gasteiger partial charge < -0.3 is 9.47 Å². The Labute approximate surface area is 120 Å². The van der Waals surface area contributed by atoms with Crippen LogP contribution >= 0.6 is 0 Å². The van der Waals surface area contributed by atoms with Crippen LogP contribution in [0.2, 0.25) is 0 Å². The zero-order chi connectivity index (χ0) is 14.5. The molecular formula is C18H18O2. The summed E-state index contributed by atoms with van der Waals surface area (Å²) in [5.41, 5.74) is 3.27. The fraction of sp³-hybridized carbons (Fsp3) is 0.222. The van der Waals surface area contributed by atoms with Crippen LogP contribution in [-0.4, -0.2) is 14.2 Å². The minimum atomic E-state index is -0.128. The van der Waals surface area contributed by atoms with Gasteiger partial charge in [-0.2, -0.15) is 0 Å². The van der Waals surface area contributed by atoms with E-state index in [-0.39, 0.29) is 5.92 Å². The van der Waals surface area contributed by atoms with Crippen LogP contribution in [0.4, 0.5) is 0 Å². The first-order valence-electron chi connectivity index (χ1n) is 6.44. The number of benzene rings is 2. The molecule has 20 heavy (non-hydrogen) atoms. The topological polar surface area (TPSA) is 18.5 Å². The molecule has 0 saturated carbocycles. The van der Waals surface area contributed by atoms with Gasteiger partial charge in [-0.25, -0.2) is 0 Å². The van der Waals surface area contributed by atoms with E-state index in [0.717, 1.165) is 22.6 Å². The molecule has 0 aliphatic carbocycles. The minimum Gasteiger partial charge on any atom is -0.497 e. The monoisotopic (exact) mass is 266 g/mol. The van der Waals surface area contributed by atoms with Crippen molar-refractivity contribution in [1.82, 2.24) is 0 Å². The van der Waals surface area contributed by atoms with E-state index < -0.39 is 0 Å². The molecule has 102 valence electrons. The Morgan fingerprint density at radius 3 is 2.25 bits per heavy atom. The molecule has 0 aliphatic heterocycles. The highest BCUT2D eigenvalue weighted by Crippen LogP contribution is 2.34. The average molecular weight is 266 g/mol. The number of rotatable bonds is 4. The summed E-state index contributed by atoms with van der Waals surface area (Å²) in [4.78, 5) is 0. The third kappa shape index (κ3) is 2.78. The summed E-state index contributed by atoms with van der Waals surface area (Å²) in [5, 5.41) is 0. The molecule has 2 heteroatoms. The van der Waals surface area contributed by atoms with Crippen molar-refractivity contribution in [3.63, 3.8) is 0 Å². The number of terminal acetylenes is 1. The van der Waals surface area contributed by atoms with Gasteiger partial charge in [0.25, 0.3) is 0 Å². The Bertz CT molecular complexity index is 621. The van der Waals surface area contributed by atoms with Crippen LogP contribution in [0.3, 0.4) is 0 Å². The summed E-state index contributed by atoms with van der Waals surface area (Å²) >= 11 is 0. The largest absolute Gasteiger partial charge is 0.497 e. The van der Waals surface area contributed by atoms with E-state index in [1.165, 1.54) is 5.56 Å². The molecule has 0 saturated heterocycles. The number of aryl methyl sites for hydroxylation is 1. The maximum Gasteiger partial charge on any atom is 0.127 e. The van der Waals surface area contributed by atoms with E-state index in [1.807, 2.05) is 18.2 Å². The third-order valence-electron chi connectivity index (χ3n) is 3.33. The van der Waals surface area contributed by atoms with Crippen molar-refractivity contribution < 1.29 is 9.47 Å². The van der Waals surface area contributed by atoms with Crippen molar-refractivity contribution in [2.24, 2.45) is 0 Å². The molecule has 0 spiro atoms. The molecular weight excluding hydrogens is 248 g/mol. The standard InChI is InChI=1S/C18H18O2/c1-5-16(14-8-6-13(2)7-9-14)17-11-10-15(19-3)12-18(17)20-4/h1,6-12,16H,2-4H3. The van der Waals surface area contributed by atoms with Crippen LogP contribution < -0.4 is 9.47 Å². The van der Waals surface area contributed by atoms with Gasteiger partial charge in [-0.3, -0.25) is 0 Å². The summed E-state index contributed by atoms with van der Waals surface area (Å²) in [6.07, 6.45) is 5.73. The summed E-state index contributed by atoms with van der Waals surface area (Å²) in [7, 11) is 3.27. The van der Waals surface area contributed by atoms with Crippen LogP contribution in [0.5, 0.6) is 11.5 Å². The van der Waals surface area contributed by atoms with Crippen molar-refractivity contribution in [2.45, 2.75) is 12.8 Å². The van der Waals surface area contributed by atoms with Crippen LogP contribution in [0.1, 0.15) is 22.6 Å². The van der Waals surface area contributed by atoms with E-state index in [0.29, 0.717) is 0 Å². The number of hydrogen-bond acceptors (Lipinski definition) is 2. The highest BCUT2D eigenvalue weighted by atomic mass is 16.5. The average Bonchev–Trinajstić information content (AvgIpc) is 2.50. The lowest BCUT2D eigenvalue weighted by Gasteiger charge is -2.16. The second-order valence-electron chi connectivity index (χ2n) is 4.62. The quantitative estimate of drug-likeness (QED) is 0.784. The molecule has 2 aromatic carbocycles. The first-order chi connectivity index (χ1) is 9.69. The van der Waals surface area contributed by atoms with Gasteiger partial charge in [0.2, 0.25) is 0 Å². The molecule has 1 atom stereocenters. The third-order valence-corrected chi connectivity index (χ3v) is 3.33. The normalized spacial score (nSPS) is 11.5. The summed E-state index contributed by atoms with van der Waals surface area (Å²) in [5.74, 6) is 4.22.